The maximum atomic E-state index is 13.4. The number of alkyl halides is 1. The number of hydrogen-bond donors (Lipinski definition) is 9. The molecule has 4 aromatic rings. The summed E-state index contributed by atoms with van der Waals surface area (Å²) in [6, 6.07) is 21.8. The van der Waals surface area contributed by atoms with Gasteiger partial charge in [-0.1, -0.05) is 103 Å². The number of nitrogen functional groups attached to an aromatic ring is 1. The molecule has 23 heteroatoms. The van der Waals surface area contributed by atoms with Crippen molar-refractivity contribution in [2.45, 2.75) is 152 Å². The SMILES string of the molecule is C.CCC[C@@H]1C[C@@H](C(=O)N[C@H](C=O)[C@H]2OC(SC)[C@H](C)[C@H](C)C2C)N(C)C1.CCC[C@@H]1C[C@@H](C(=O)N[C@H](CNc2ccc(-c3cccnc3)cc2)[C@H]2OC(SC)[C@H](O)[C@H](O)C2O)N(C)C1.CSF.Nc1ccc(-c2cccnc2)cc1.OC(O)Cl. The third-order valence-electron chi connectivity index (χ3n) is 16.1. The highest BCUT2D eigenvalue weighted by molar-refractivity contribution is 7.99. The summed E-state index contributed by atoms with van der Waals surface area (Å²) in [6.07, 6.45) is 14.2. The molecule has 2 amide bonds. The number of likely N-dealkylation sites (tertiary alicyclic amines) is 2. The average Bonchev–Trinajstić information content (AvgIpc) is 4.00. The Morgan fingerprint density at radius 1 is 0.718 bits per heavy atom. The molecule has 16 atom stereocenters. The lowest BCUT2D eigenvalue weighted by molar-refractivity contribution is -0.204. The molecule has 476 valence electrons. The van der Waals surface area contributed by atoms with Crippen LogP contribution >= 0.6 is 47.3 Å². The van der Waals surface area contributed by atoms with Crippen LogP contribution in [0.4, 0.5) is 15.3 Å². The molecule has 0 bridgehead atoms. The Kier molecular flexibility index (Phi) is 34.5. The van der Waals surface area contributed by atoms with Crippen molar-refractivity contribution in [3.8, 4) is 22.3 Å². The molecular weight excluding hydrogens is 1170 g/mol. The van der Waals surface area contributed by atoms with Crippen LogP contribution in [-0.2, 0) is 23.9 Å². The van der Waals surface area contributed by atoms with Gasteiger partial charge in [-0.05, 0) is 141 Å². The number of hydrogen-bond acceptors (Lipinski definition) is 19. The minimum absolute atomic E-state index is 0. The largest absolute Gasteiger partial charge is 0.399 e. The van der Waals surface area contributed by atoms with Crippen molar-refractivity contribution in [2.75, 3.05) is 63.5 Å². The van der Waals surface area contributed by atoms with Crippen LogP contribution in [0.3, 0.4) is 0 Å². The molecule has 0 saturated carbocycles. The van der Waals surface area contributed by atoms with Gasteiger partial charge in [-0.15, -0.1) is 23.5 Å². The molecule has 0 spiro atoms. The molecule has 0 aliphatic carbocycles. The number of nitrogens with one attached hydrogen (secondary N) is 3. The lowest BCUT2D eigenvalue weighted by Crippen LogP contribution is -2.64. The van der Waals surface area contributed by atoms with E-state index >= 15 is 0 Å². The highest BCUT2D eigenvalue weighted by atomic mass is 35.5. The fourth-order valence-electron chi connectivity index (χ4n) is 11.3. The molecule has 2 aromatic heterocycles. The summed E-state index contributed by atoms with van der Waals surface area (Å²) in [5.74, 6) is 0.279. The van der Waals surface area contributed by atoms with E-state index in [9.17, 15) is 33.6 Å². The molecule has 0 radical (unpaired) electrons. The topological polar surface area (TPSA) is 265 Å². The molecule has 4 fully saturated rings. The van der Waals surface area contributed by atoms with E-state index < -0.39 is 47.7 Å². The van der Waals surface area contributed by atoms with Gasteiger partial charge in [0.25, 0.3) is 0 Å². The summed E-state index contributed by atoms with van der Waals surface area (Å²) < 4.78 is 22.5. The van der Waals surface area contributed by atoms with Crippen molar-refractivity contribution in [1.29, 1.82) is 0 Å². The Morgan fingerprint density at radius 2 is 1.18 bits per heavy atom. The second-order valence-electron chi connectivity index (χ2n) is 22.0. The van der Waals surface area contributed by atoms with Gasteiger partial charge in [0.2, 0.25) is 17.6 Å². The van der Waals surface area contributed by atoms with E-state index in [0.717, 1.165) is 91.5 Å². The molecule has 4 saturated heterocycles. The number of carbonyl (C=O) groups is 3. The van der Waals surface area contributed by atoms with Gasteiger partial charge in [0, 0.05) is 74.2 Å². The monoisotopic (exact) mass is 1260 g/mol. The second kappa shape index (κ2) is 39.0. The number of nitrogens with two attached hydrogens (primary N) is 1. The molecule has 2 aromatic carbocycles. The maximum Gasteiger partial charge on any atom is 0.238 e. The fraction of sp³-hybridized carbons (Fsp3) is 0.597. The smallest absolute Gasteiger partial charge is 0.238 e. The minimum atomic E-state index is -1.69. The maximum absolute atomic E-state index is 13.4. The van der Waals surface area contributed by atoms with E-state index in [1.165, 1.54) is 18.0 Å². The van der Waals surface area contributed by atoms with Crippen LogP contribution in [0.1, 0.15) is 80.6 Å². The normalized spacial score (nSPS) is 27.9. The standard InChI is InChI=1S/C28H40N4O5S.C20H36N2O3S.C11H10N2.CH3ClO2.CH3FS.CH4/c1-4-6-17-13-22(32(2)16-17)27(36)31-21(26-24(34)23(33)25(35)28(37-26)38-3)15-30-20-10-8-18(9-11-20)19-7-5-12-29-14-19;1-7-8-15-9-17(22(5)10-15)19(24)21-16(11-23)18-13(3)12(2)14(4)20(25-18)26-6;12-11-5-3-9(4-6-11)10-2-1-7-13-8-10;2-1(3)4;1-3-2;/h5,7-12,14,17,21-26,28,30,33-35H,4,6,13,15-16H2,1-3H3,(H,31,36);11-18,20H,7-10H2,1-6H3,(H,21,24);1-8H,12H2;1,3-4H;1H3;1H4/t17-,21-,22+,23-,24?,25-,26-,28?;12-,13?,14-,15-,16-,17+,18+,20?;;;;/m11..../s1. The van der Waals surface area contributed by atoms with Crippen molar-refractivity contribution < 1.29 is 53.3 Å². The predicted molar refractivity (Wildman–Crippen MR) is 346 cm³/mol. The van der Waals surface area contributed by atoms with Gasteiger partial charge < -0.3 is 61.5 Å². The number of aldehydes is 1. The molecule has 85 heavy (non-hydrogen) atoms. The average molecular weight is 1260 g/mol. The third-order valence-corrected chi connectivity index (χ3v) is 17.9. The zero-order chi connectivity index (χ0) is 62.0. The zero-order valence-corrected chi connectivity index (χ0v) is 53.3. The Balaban J connectivity index is 0.000000345. The van der Waals surface area contributed by atoms with E-state index in [4.69, 9.17) is 25.4 Å². The first-order valence-electron chi connectivity index (χ1n) is 28.7. The number of anilines is 2. The van der Waals surface area contributed by atoms with Crippen molar-refractivity contribution in [3.05, 3.63) is 97.6 Å². The number of benzene rings is 2. The van der Waals surface area contributed by atoms with Crippen LogP contribution in [0.25, 0.3) is 22.3 Å². The van der Waals surface area contributed by atoms with Gasteiger partial charge in [0.15, 0.2) is 0 Å². The summed E-state index contributed by atoms with van der Waals surface area (Å²) >= 11 is 7.57. The fourth-order valence-corrected chi connectivity index (χ4v) is 12.9. The van der Waals surface area contributed by atoms with Crippen LogP contribution in [0, 0.1) is 29.6 Å². The zero-order valence-electron chi connectivity index (χ0n) is 50.1. The molecule has 4 aliphatic heterocycles. The van der Waals surface area contributed by atoms with Crippen LogP contribution in [0.15, 0.2) is 97.6 Å². The van der Waals surface area contributed by atoms with Crippen molar-refractivity contribution in [2.24, 2.45) is 29.6 Å². The number of nitrogens with zero attached hydrogens (tertiary/aromatic N) is 4. The van der Waals surface area contributed by atoms with Gasteiger partial charge in [-0.3, -0.25) is 29.4 Å². The van der Waals surface area contributed by atoms with Crippen LogP contribution < -0.4 is 21.7 Å². The number of amides is 2. The van der Waals surface area contributed by atoms with E-state index in [-0.39, 0.29) is 67.5 Å². The number of aromatic nitrogens is 2. The van der Waals surface area contributed by atoms with Crippen LogP contribution in [0.5, 0.6) is 0 Å². The number of likely N-dealkylation sites (N-methyl/N-ethyl adjacent to an activating group) is 2. The molecular formula is C62H96ClFN8O10S3. The van der Waals surface area contributed by atoms with E-state index in [1.807, 2.05) is 106 Å². The first-order chi connectivity index (χ1) is 40.2. The summed E-state index contributed by atoms with van der Waals surface area (Å²) in [5.41, 5.74) is 10.9. The number of thioether (sulfide) groups is 2. The van der Waals surface area contributed by atoms with E-state index in [2.05, 4.69) is 81.9 Å². The van der Waals surface area contributed by atoms with E-state index in [1.54, 1.807) is 30.4 Å². The number of aliphatic hydroxyl groups excluding tert-OH is 4. The number of pyridine rings is 2. The molecule has 6 heterocycles. The molecule has 4 unspecified atom stereocenters. The van der Waals surface area contributed by atoms with Gasteiger partial charge in [-0.25, -0.2) is 0 Å². The van der Waals surface area contributed by atoms with Gasteiger partial charge in [-0.2, -0.15) is 3.89 Å². The molecule has 10 N–H and O–H groups in total. The Labute approximate surface area is 522 Å². The number of aliphatic hydroxyl groups is 5. The lowest BCUT2D eigenvalue weighted by Gasteiger charge is -2.45. The summed E-state index contributed by atoms with van der Waals surface area (Å²) in [6.45, 7) is 13.0. The van der Waals surface area contributed by atoms with Gasteiger partial charge in [0.05, 0.1) is 24.2 Å². The third kappa shape index (κ3) is 23.1. The van der Waals surface area contributed by atoms with E-state index in [0.29, 0.717) is 23.7 Å². The quantitative estimate of drug-likeness (QED) is 0.0196. The predicted octanol–water partition coefficient (Wildman–Crippen LogP) is 8.42. The summed E-state index contributed by atoms with van der Waals surface area (Å²) in [7, 11) is 3.97. The highest BCUT2D eigenvalue weighted by Crippen LogP contribution is 2.40. The van der Waals surface area contributed by atoms with Gasteiger partial charge >= 0.3 is 0 Å². The summed E-state index contributed by atoms with van der Waals surface area (Å²) in [4.78, 5) is 50.5. The van der Waals surface area contributed by atoms with Crippen molar-refractivity contribution in [1.82, 2.24) is 30.4 Å². The Morgan fingerprint density at radius 3 is 1.61 bits per heavy atom. The number of rotatable bonds is 18. The van der Waals surface area contributed by atoms with Gasteiger partial charge in [0.1, 0.15) is 47.6 Å². The first kappa shape index (κ1) is 75.1. The Bertz CT molecular complexity index is 2490. The number of ether oxygens (including phenoxy) is 2. The molecule has 4 aliphatic rings. The number of halogens is 2. The Hall–Kier alpha value is -4.14. The summed E-state index contributed by atoms with van der Waals surface area (Å²) in [5, 5.41) is 55.9. The molecule has 8 rings (SSSR count). The minimum Gasteiger partial charge on any atom is -0.399 e. The first-order valence-corrected chi connectivity index (χ1v) is 32.8. The number of carbonyl (C=O) groups excluding carboxylic acids is 3. The highest BCUT2D eigenvalue weighted by Gasteiger charge is 2.48. The lowest BCUT2D eigenvalue weighted by atomic mass is 9.77. The van der Waals surface area contributed by atoms with Crippen LogP contribution in [-0.4, -0.2) is 187 Å². The second-order valence-corrected chi connectivity index (χ2v) is 24.5. The van der Waals surface area contributed by atoms with Crippen LogP contribution in [0.2, 0.25) is 0 Å². The van der Waals surface area contributed by atoms with Crippen molar-refractivity contribution in [3.63, 3.8) is 0 Å². The van der Waals surface area contributed by atoms with Crippen molar-refractivity contribution >= 4 is 76.7 Å². The molecule has 18 nitrogen and oxygen atoms in total.